The maximum atomic E-state index is 12.3. The van der Waals surface area contributed by atoms with E-state index in [4.69, 9.17) is 9.36 Å². The number of nitrogens with one attached hydrogen (secondary N) is 1. The smallest absolute Gasteiger partial charge is 0.255 e. The van der Waals surface area contributed by atoms with Crippen LogP contribution in [0.5, 0.6) is 0 Å². The average molecular weight is 317 g/mol. The van der Waals surface area contributed by atoms with E-state index in [-0.39, 0.29) is 12.5 Å². The highest BCUT2D eigenvalue weighted by molar-refractivity contribution is 5.86. The fourth-order valence-corrected chi connectivity index (χ4v) is 2.07. The van der Waals surface area contributed by atoms with Gasteiger partial charge in [-0.2, -0.15) is 4.98 Å². The van der Waals surface area contributed by atoms with Crippen LogP contribution in [-0.4, -0.2) is 16.0 Å². The first-order valence-electron chi connectivity index (χ1n) is 7.69. The summed E-state index contributed by atoms with van der Waals surface area (Å²) in [5.74, 6) is 1.21. The summed E-state index contributed by atoms with van der Waals surface area (Å²) in [6.45, 7) is 7.89. The molecule has 1 heterocycles. The van der Waals surface area contributed by atoms with Gasteiger partial charge < -0.3 is 4.52 Å². The summed E-state index contributed by atoms with van der Waals surface area (Å²) >= 11 is 0. The van der Waals surface area contributed by atoms with E-state index in [1.807, 2.05) is 44.2 Å². The molecule has 2 aromatic rings. The maximum absolute atomic E-state index is 12.3. The van der Waals surface area contributed by atoms with E-state index < -0.39 is 5.41 Å². The number of hydrogen-bond acceptors (Lipinski definition) is 5. The van der Waals surface area contributed by atoms with Gasteiger partial charge in [-0.1, -0.05) is 49.3 Å². The first-order valence-corrected chi connectivity index (χ1v) is 7.69. The Morgan fingerprint density at radius 3 is 2.65 bits per heavy atom. The lowest BCUT2D eigenvalue weighted by molar-refractivity contribution is -0.140. The van der Waals surface area contributed by atoms with E-state index in [1.165, 1.54) is 0 Å². The molecule has 1 aromatic heterocycles. The van der Waals surface area contributed by atoms with Crippen molar-refractivity contribution >= 4 is 5.91 Å². The standard InChI is InChI=1S/C17H23N3O3/c1-12(2)10-14-18-15(23-19-14)11-22-20-16(21)17(3,4)13-8-6-5-7-9-13/h5-9,12H,10-11H2,1-4H3,(H,20,21). The minimum Gasteiger partial charge on any atom is -0.337 e. The minimum absolute atomic E-state index is 0.0434. The van der Waals surface area contributed by atoms with Gasteiger partial charge in [0.15, 0.2) is 12.4 Å². The lowest BCUT2D eigenvalue weighted by Gasteiger charge is -2.23. The molecule has 23 heavy (non-hydrogen) atoms. The third-order valence-electron chi connectivity index (χ3n) is 3.52. The van der Waals surface area contributed by atoms with E-state index in [2.05, 4.69) is 29.5 Å². The van der Waals surface area contributed by atoms with Crippen molar-refractivity contribution in [3.05, 3.63) is 47.6 Å². The number of amides is 1. The van der Waals surface area contributed by atoms with Crippen LogP contribution in [0.3, 0.4) is 0 Å². The van der Waals surface area contributed by atoms with Crippen molar-refractivity contribution in [3.63, 3.8) is 0 Å². The van der Waals surface area contributed by atoms with Gasteiger partial charge in [-0.3, -0.25) is 9.63 Å². The van der Waals surface area contributed by atoms with Crippen LogP contribution in [0.1, 0.15) is 45.0 Å². The van der Waals surface area contributed by atoms with Crippen molar-refractivity contribution in [1.82, 2.24) is 15.6 Å². The molecule has 6 nitrogen and oxygen atoms in total. The summed E-state index contributed by atoms with van der Waals surface area (Å²) < 4.78 is 5.08. The molecule has 1 N–H and O–H groups in total. The van der Waals surface area contributed by atoms with Crippen LogP contribution in [-0.2, 0) is 28.1 Å². The summed E-state index contributed by atoms with van der Waals surface area (Å²) in [5.41, 5.74) is 2.67. The number of hydrogen-bond donors (Lipinski definition) is 1. The maximum Gasteiger partial charge on any atom is 0.255 e. The molecule has 0 radical (unpaired) electrons. The molecule has 0 unspecified atom stereocenters. The third-order valence-corrected chi connectivity index (χ3v) is 3.52. The second-order valence-electron chi connectivity index (χ2n) is 6.41. The highest BCUT2D eigenvalue weighted by atomic mass is 16.7. The second-order valence-corrected chi connectivity index (χ2v) is 6.41. The molecular formula is C17H23N3O3. The minimum atomic E-state index is -0.696. The number of benzene rings is 1. The van der Waals surface area contributed by atoms with Crippen LogP contribution < -0.4 is 5.48 Å². The molecule has 0 aliphatic heterocycles. The van der Waals surface area contributed by atoms with Gasteiger partial charge >= 0.3 is 0 Å². The molecule has 6 heteroatoms. The number of rotatable bonds is 7. The van der Waals surface area contributed by atoms with Gasteiger partial charge in [0, 0.05) is 6.42 Å². The van der Waals surface area contributed by atoms with Crippen LogP contribution in [0.25, 0.3) is 0 Å². The molecule has 0 aliphatic rings. The van der Waals surface area contributed by atoms with Gasteiger partial charge in [0.2, 0.25) is 0 Å². The largest absolute Gasteiger partial charge is 0.337 e. The molecular weight excluding hydrogens is 294 g/mol. The number of nitrogens with zero attached hydrogens (tertiary/aromatic N) is 2. The zero-order valence-corrected chi connectivity index (χ0v) is 14.0. The zero-order chi connectivity index (χ0) is 16.9. The van der Waals surface area contributed by atoms with Crippen LogP contribution in [0.4, 0.5) is 0 Å². The van der Waals surface area contributed by atoms with Gasteiger partial charge in [0.05, 0.1) is 5.41 Å². The molecule has 0 saturated heterocycles. The fourth-order valence-electron chi connectivity index (χ4n) is 2.07. The Hall–Kier alpha value is -2.21. The Morgan fingerprint density at radius 1 is 1.30 bits per heavy atom. The van der Waals surface area contributed by atoms with Crippen molar-refractivity contribution < 1.29 is 14.2 Å². The van der Waals surface area contributed by atoms with Gasteiger partial charge in [-0.25, -0.2) is 5.48 Å². The molecule has 124 valence electrons. The van der Waals surface area contributed by atoms with Crippen LogP contribution in [0, 0.1) is 5.92 Å². The summed E-state index contributed by atoms with van der Waals surface area (Å²) in [4.78, 5) is 21.7. The summed E-state index contributed by atoms with van der Waals surface area (Å²) in [7, 11) is 0. The molecule has 0 bridgehead atoms. The number of aromatic nitrogens is 2. The lowest BCUT2D eigenvalue weighted by atomic mass is 9.84. The molecule has 1 amide bonds. The van der Waals surface area contributed by atoms with Gasteiger partial charge in [-0.15, -0.1) is 0 Å². The second kappa shape index (κ2) is 7.37. The molecule has 0 spiro atoms. The van der Waals surface area contributed by atoms with Gasteiger partial charge in [0.1, 0.15) is 0 Å². The molecule has 0 saturated carbocycles. The van der Waals surface area contributed by atoms with Crippen molar-refractivity contribution in [3.8, 4) is 0 Å². The van der Waals surface area contributed by atoms with E-state index in [1.54, 1.807) is 0 Å². The predicted octanol–water partition coefficient (Wildman–Crippen LogP) is 2.79. The number of carbonyl (C=O) groups is 1. The highest BCUT2D eigenvalue weighted by Gasteiger charge is 2.29. The quantitative estimate of drug-likeness (QED) is 0.795. The summed E-state index contributed by atoms with van der Waals surface area (Å²) in [6, 6.07) is 9.55. The normalized spacial score (nSPS) is 11.7. The summed E-state index contributed by atoms with van der Waals surface area (Å²) in [6.07, 6.45) is 0.747. The first kappa shape index (κ1) is 17.1. The van der Waals surface area contributed by atoms with E-state index in [9.17, 15) is 4.79 Å². The highest BCUT2D eigenvalue weighted by Crippen LogP contribution is 2.22. The molecule has 2 rings (SSSR count). The van der Waals surface area contributed by atoms with E-state index in [0.29, 0.717) is 17.6 Å². The van der Waals surface area contributed by atoms with Crippen molar-refractivity contribution in [2.45, 2.75) is 46.1 Å². The SMILES string of the molecule is CC(C)Cc1noc(CONC(=O)C(C)(C)c2ccccc2)n1. The Labute approximate surface area is 136 Å². The first-order chi connectivity index (χ1) is 10.9. The Balaban J connectivity index is 1.86. The summed E-state index contributed by atoms with van der Waals surface area (Å²) in [5, 5.41) is 3.87. The Kier molecular flexibility index (Phi) is 5.50. The van der Waals surface area contributed by atoms with Gasteiger partial charge in [-0.05, 0) is 25.3 Å². The molecule has 0 atom stereocenters. The van der Waals surface area contributed by atoms with Crippen molar-refractivity contribution in [2.75, 3.05) is 0 Å². The fraction of sp³-hybridized carbons (Fsp3) is 0.471. The third kappa shape index (κ3) is 4.63. The topological polar surface area (TPSA) is 77.3 Å². The predicted molar refractivity (Wildman–Crippen MR) is 85.2 cm³/mol. The Morgan fingerprint density at radius 2 is 2.00 bits per heavy atom. The number of carbonyl (C=O) groups excluding carboxylic acids is 1. The lowest BCUT2D eigenvalue weighted by Crippen LogP contribution is -2.39. The monoisotopic (exact) mass is 317 g/mol. The Bertz CT molecular complexity index is 636. The molecule has 1 aromatic carbocycles. The molecule has 0 fully saturated rings. The molecule has 0 aliphatic carbocycles. The average Bonchev–Trinajstić information content (AvgIpc) is 2.94. The van der Waals surface area contributed by atoms with Crippen LogP contribution in [0.15, 0.2) is 34.9 Å². The van der Waals surface area contributed by atoms with Gasteiger partial charge in [0.25, 0.3) is 11.8 Å². The zero-order valence-electron chi connectivity index (χ0n) is 14.0. The van der Waals surface area contributed by atoms with Crippen molar-refractivity contribution in [2.24, 2.45) is 5.92 Å². The van der Waals surface area contributed by atoms with Crippen molar-refractivity contribution in [1.29, 1.82) is 0 Å². The number of hydroxylamine groups is 1. The van der Waals surface area contributed by atoms with E-state index >= 15 is 0 Å². The van der Waals surface area contributed by atoms with Crippen LogP contribution >= 0.6 is 0 Å². The van der Waals surface area contributed by atoms with Crippen LogP contribution in [0.2, 0.25) is 0 Å². The van der Waals surface area contributed by atoms with E-state index in [0.717, 1.165) is 12.0 Å².